The highest BCUT2D eigenvalue weighted by atomic mass is 19.4. The standard InChI is InChI=1S/C38H42F5N3O5/c1-6-25-17-27(35-23(4)15-28(39)16-24(35)5)18-29(36(25)40)31(20-34(48)49)44-37(50)32(14-22(2)3)46-21-26(30(19-33(46)47)38(41,42)43)8-10-45-9-7-12-51-13-11-45/h1,15-19,21-22,31-32H,7-14,20H2,2-5H3,(H,44,50)(H,48,49). The van der Waals surface area contributed by atoms with E-state index in [-0.39, 0.29) is 42.0 Å². The molecule has 1 fully saturated rings. The van der Waals surface area contributed by atoms with Gasteiger partial charge in [0.15, 0.2) is 0 Å². The number of ether oxygens (including phenoxy) is 1. The molecule has 1 aromatic heterocycles. The van der Waals surface area contributed by atoms with Crippen molar-refractivity contribution in [2.75, 3.05) is 32.8 Å². The van der Waals surface area contributed by atoms with E-state index < -0.39 is 59.3 Å². The van der Waals surface area contributed by atoms with Crippen LogP contribution in [0, 0.1) is 43.7 Å². The van der Waals surface area contributed by atoms with Crippen LogP contribution in [-0.4, -0.2) is 59.3 Å². The molecule has 0 aliphatic carbocycles. The number of aryl methyl sites for hydroxylation is 2. The molecule has 1 amide bonds. The van der Waals surface area contributed by atoms with Gasteiger partial charge in [0.05, 0.1) is 30.2 Å². The second-order valence-electron chi connectivity index (χ2n) is 13.3. The second kappa shape index (κ2) is 16.7. The van der Waals surface area contributed by atoms with Crippen LogP contribution in [0.1, 0.15) is 78.6 Å². The van der Waals surface area contributed by atoms with E-state index in [2.05, 4.69) is 11.2 Å². The number of halogens is 5. The molecule has 3 aromatic rings. The fraction of sp³-hybridized carbons (Fsp3) is 0.447. The number of hydrogen-bond acceptors (Lipinski definition) is 5. The zero-order chi connectivity index (χ0) is 37.6. The lowest BCUT2D eigenvalue weighted by atomic mass is 9.90. The van der Waals surface area contributed by atoms with Gasteiger partial charge in [-0.1, -0.05) is 19.8 Å². The van der Waals surface area contributed by atoms with Crippen LogP contribution in [0.4, 0.5) is 22.0 Å². The molecule has 2 unspecified atom stereocenters. The van der Waals surface area contributed by atoms with E-state index in [1.54, 1.807) is 27.7 Å². The first kappa shape index (κ1) is 39.2. The summed E-state index contributed by atoms with van der Waals surface area (Å²) in [6.07, 6.45) is 1.68. The first-order valence-corrected chi connectivity index (χ1v) is 16.7. The van der Waals surface area contributed by atoms with Gasteiger partial charge in [-0.3, -0.25) is 14.4 Å². The lowest BCUT2D eigenvalue weighted by Gasteiger charge is -2.27. The smallest absolute Gasteiger partial charge is 0.416 e. The summed E-state index contributed by atoms with van der Waals surface area (Å²) < 4.78 is 79.0. The zero-order valence-corrected chi connectivity index (χ0v) is 29.0. The quantitative estimate of drug-likeness (QED) is 0.162. The number of nitrogens with one attached hydrogen (secondary N) is 1. The van der Waals surface area contributed by atoms with Crippen molar-refractivity contribution in [1.82, 2.24) is 14.8 Å². The maximum absolute atomic E-state index is 15.9. The fourth-order valence-electron chi connectivity index (χ4n) is 6.59. The topological polar surface area (TPSA) is 101 Å². The van der Waals surface area contributed by atoms with Gasteiger partial charge in [0.25, 0.3) is 5.56 Å². The number of rotatable bonds is 12. The first-order valence-electron chi connectivity index (χ1n) is 16.7. The molecule has 4 rings (SSSR count). The van der Waals surface area contributed by atoms with Crippen LogP contribution in [0.2, 0.25) is 0 Å². The van der Waals surface area contributed by atoms with E-state index in [0.29, 0.717) is 54.6 Å². The highest BCUT2D eigenvalue weighted by Gasteiger charge is 2.36. The third-order valence-corrected chi connectivity index (χ3v) is 8.93. The van der Waals surface area contributed by atoms with Gasteiger partial charge >= 0.3 is 12.1 Å². The molecule has 13 heteroatoms. The maximum atomic E-state index is 15.9. The van der Waals surface area contributed by atoms with Crippen molar-refractivity contribution < 1.29 is 41.4 Å². The Bertz CT molecular complexity index is 1830. The number of carbonyl (C=O) groups excluding carboxylic acids is 1. The average molecular weight is 716 g/mol. The highest BCUT2D eigenvalue weighted by Crippen LogP contribution is 2.35. The molecule has 2 heterocycles. The number of nitrogens with zero attached hydrogens (tertiary/aromatic N) is 2. The monoisotopic (exact) mass is 715 g/mol. The Hall–Kier alpha value is -4.54. The minimum Gasteiger partial charge on any atom is -0.481 e. The predicted molar refractivity (Wildman–Crippen MR) is 182 cm³/mol. The van der Waals surface area contributed by atoms with Gasteiger partial charge < -0.3 is 24.6 Å². The Morgan fingerprint density at radius 3 is 2.35 bits per heavy atom. The first-order chi connectivity index (χ1) is 24.0. The summed E-state index contributed by atoms with van der Waals surface area (Å²) in [5, 5.41) is 12.4. The molecular formula is C38H42F5N3O5. The van der Waals surface area contributed by atoms with E-state index in [1.807, 2.05) is 4.90 Å². The van der Waals surface area contributed by atoms with E-state index in [1.165, 1.54) is 24.3 Å². The summed E-state index contributed by atoms with van der Waals surface area (Å²) in [6.45, 7) is 9.21. The summed E-state index contributed by atoms with van der Waals surface area (Å²) >= 11 is 0. The number of carboxylic acids is 1. The Kier molecular flexibility index (Phi) is 12.8. The molecule has 51 heavy (non-hydrogen) atoms. The van der Waals surface area contributed by atoms with Crippen molar-refractivity contribution >= 4 is 11.9 Å². The van der Waals surface area contributed by atoms with E-state index in [9.17, 15) is 37.1 Å². The molecule has 0 spiro atoms. The summed E-state index contributed by atoms with van der Waals surface area (Å²) in [5.74, 6) is -1.73. The number of alkyl halides is 3. The number of amides is 1. The largest absolute Gasteiger partial charge is 0.481 e. The third-order valence-electron chi connectivity index (χ3n) is 8.93. The molecule has 2 N–H and O–H groups in total. The number of carboxylic acid groups (broad SMARTS) is 1. The fourth-order valence-corrected chi connectivity index (χ4v) is 6.59. The molecule has 8 nitrogen and oxygen atoms in total. The highest BCUT2D eigenvalue weighted by molar-refractivity contribution is 5.82. The van der Waals surface area contributed by atoms with E-state index in [4.69, 9.17) is 11.2 Å². The van der Waals surface area contributed by atoms with E-state index in [0.717, 1.165) is 17.2 Å². The number of carbonyl (C=O) groups is 2. The predicted octanol–water partition coefficient (Wildman–Crippen LogP) is 6.59. The molecule has 1 saturated heterocycles. The molecule has 0 bridgehead atoms. The van der Waals surface area contributed by atoms with Crippen LogP contribution in [0.25, 0.3) is 11.1 Å². The zero-order valence-electron chi connectivity index (χ0n) is 29.0. The van der Waals surface area contributed by atoms with Crippen molar-refractivity contribution in [1.29, 1.82) is 0 Å². The molecule has 2 atom stereocenters. The summed E-state index contributed by atoms with van der Waals surface area (Å²) in [7, 11) is 0. The molecule has 2 aromatic carbocycles. The number of aliphatic carboxylic acids is 1. The van der Waals surface area contributed by atoms with Crippen LogP contribution in [0.3, 0.4) is 0 Å². The SMILES string of the molecule is C#Cc1cc(-c2c(C)cc(F)cc2C)cc(C(CC(=O)O)NC(=O)C(CC(C)C)n2cc(CCN3CCCOCC3)c(C(F)(F)F)cc2=O)c1F. The minimum absolute atomic E-state index is 0.00804. The number of benzene rings is 2. The van der Waals surface area contributed by atoms with Crippen LogP contribution < -0.4 is 10.9 Å². The summed E-state index contributed by atoms with van der Waals surface area (Å²) in [6, 6.07) is 2.87. The Morgan fingerprint density at radius 1 is 1.06 bits per heavy atom. The van der Waals surface area contributed by atoms with Crippen molar-refractivity contribution in [2.24, 2.45) is 5.92 Å². The van der Waals surface area contributed by atoms with Crippen molar-refractivity contribution in [3.63, 3.8) is 0 Å². The Balaban J connectivity index is 1.78. The van der Waals surface area contributed by atoms with Gasteiger partial charge in [0, 0.05) is 44.1 Å². The van der Waals surface area contributed by atoms with Crippen molar-refractivity contribution in [3.8, 4) is 23.5 Å². The molecule has 274 valence electrons. The van der Waals surface area contributed by atoms with Gasteiger partial charge in [-0.2, -0.15) is 13.2 Å². The lowest BCUT2D eigenvalue weighted by Crippen LogP contribution is -2.41. The summed E-state index contributed by atoms with van der Waals surface area (Å²) in [4.78, 5) is 41.5. The average Bonchev–Trinajstić information content (AvgIpc) is 3.31. The lowest BCUT2D eigenvalue weighted by molar-refractivity contribution is -0.139. The van der Waals surface area contributed by atoms with Crippen LogP contribution in [0.5, 0.6) is 0 Å². The minimum atomic E-state index is -4.84. The number of aromatic nitrogens is 1. The number of terminal acetylenes is 1. The summed E-state index contributed by atoms with van der Waals surface area (Å²) in [5.41, 5.74) is -0.947. The third kappa shape index (κ3) is 9.83. The Labute approximate surface area is 293 Å². The van der Waals surface area contributed by atoms with Crippen LogP contribution in [-0.2, 0) is 26.9 Å². The van der Waals surface area contributed by atoms with Gasteiger partial charge in [0.2, 0.25) is 5.91 Å². The normalized spacial score (nSPS) is 15.2. The van der Waals surface area contributed by atoms with Gasteiger partial charge in [0.1, 0.15) is 17.7 Å². The molecule has 0 saturated carbocycles. The van der Waals surface area contributed by atoms with Gasteiger partial charge in [-0.05, 0) is 91.1 Å². The molecule has 1 aliphatic heterocycles. The van der Waals surface area contributed by atoms with Crippen LogP contribution in [0.15, 0.2) is 41.3 Å². The molecule has 0 radical (unpaired) electrons. The Morgan fingerprint density at radius 2 is 1.75 bits per heavy atom. The van der Waals surface area contributed by atoms with Crippen molar-refractivity contribution in [3.05, 3.63) is 91.9 Å². The number of pyridine rings is 1. The van der Waals surface area contributed by atoms with E-state index >= 15 is 4.39 Å². The molecular weight excluding hydrogens is 673 g/mol. The maximum Gasteiger partial charge on any atom is 0.416 e. The molecule has 1 aliphatic rings. The van der Waals surface area contributed by atoms with Gasteiger partial charge in [-0.15, -0.1) is 6.42 Å². The second-order valence-corrected chi connectivity index (χ2v) is 13.3. The van der Waals surface area contributed by atoms with Gasteiger partial charge in [-0.25, -0.2) is 8.78 Å². The number of hydrogen-bond donors (Lipinski definition) is 2. The van der Waals surface area contributed by atoms with Crippen molar-refractivity contribution in [2.45, 2.75) is 71.6 Å². The van der Waals surface area contributed by atoms with Crippen LogP contribution >= 0.6 is 0 Å².